The van der Waals surface area contributed by atoms with Crippen LogP contribution in [0.5, 0.6) is 0 Å². The Balaban J connectivity index is 1.81. The van der Waals surface area contributed by atoms with Crippen LogP contribution in [0.1, 0.15) is 31.0 Å². The average Bonchev–Trinajstić information content (AvgIpc) is 2.75. The summed E-state index contributed by atoms with van der Waals surface area (Å²) in [5.41, 5.74) is 5.43. The lowest BCUT2D eigenvalue weighted by atomic mass is 9.96. The van der Waals surface area contributed by atoms with E-state index in [9.17, 15) is 0 Å². The Bertz CT molecular complexity index is 308. The number of nitrogens with two attached hydrogens (primary N) is 1. The van der Waals surface area contributed by atoms with E-state index in [0.717, 1.165) is 51.1 Å². The maximum absolute atomic E-state index is 5.43. The van der Waals surface area contributed by atoms with Crippen molar-refractivity contribution in [1.29, 1.82) is 0 Å². The van der Waals surface area contributed by atoms with E-state index in [-0.39, 0.29) is 0 Å². The first kappa shape index (κ1) is 11.5. The van der Waals surface area contributed by atoms with Gasteiger partial charge < -0.3 is 15.0 Å². The van der Waals surface area contributed by atoms with E-state index in [0.29, 0.717) is 18.4 Å². The second-order valence-electron chi connectivity index (χ2n) is 4.26. The molecule has 1 aromatic rings. The van der Waals surface area contributed by atoms with Crippen LogP contribution in [0.4, 0.5) is 0 Å². The molecule has 1 aliphatic rings. The number of aryl methyl sites for hydroxylation is 1. The Labute approximate surface area is 95.3 Å². The van der Waals surface area contributed by atoms with Crippen LogP contribution >= 0.6 is 0 Å². The van der Waals surface area contributed by atoms with Gasteiger partial charge >= 0.3 is 0 Å². The van der Waals surface area contributed by atoms with Crippen LogP contribution in [0.3, 0.4) is 0 Å². The SMILES string of the molecule is NCCCc1nc(CC2CCOCC2)no1. The predicted octanol–water partition coefficient (Wildman–Crippen LogP) is 0.930. The van der Waals surface area contributed by atoms with Gasteiger partial charge in [-0.1, -0.05) is 5.16 Å². The van der Waals surface area contributed by atoms with Crippen molar-refractivity contribution >= 4 is 0 Å². The van der Waals surface area contributed by atoms with Gasteiger partial charge in [-0.05, 0) is 31.7 Å². The second-order valence-corrected chi connectivity index (χ2v) is 4.26. The van der Waals surface area contributed by atoms with Gasteiger partial charge in [0, 0.05) is 26.1 Å². The standard InChI is InChI=1S/C11H19N3O2/c12-5-1-2-11-13-10(14-16-11)8-9-3-6-15-7-4-9/h9H,1-8,12H2. The first-order chi connectivity index (χ1) is 7.88. The molecule has 0 radical (unpaired) electrons. The summed E-state index contributed by atoms with van der Waals surface area (Å²) in [6.45, 7) is 2.39. The molecule has 2 N–H and O–H groups in total. The Kier molecular flexibility index (Phi) is 4.30. The number of hydrogen-bond donors (Lipinski definition) is 1. The molecule has 0 amide bonds. The van der Waals surface area contributed by atoms with Crippen molar-refractivity contribution in [3.05, 3.63) is 11.7 Å². The zero-order valence-corrected chi connectivity index (χ0v) is 9.52. The highest BCUT2D eigenvalue weighted by Crippen LogP contribution is 2.18. The van der Waals surface area contributed by atoms with Gasteiger partial charge in [0.25, 0.3) is 0 Å². The van der Waals surface area contributed by atoms with Gasteiger partial charge in [0.1, 0.15) is 0 Å². The summed E-state index contributed by atoms with van der Waals surface area (Å²) in [5.74, 6) is 2.19. The van der Waals surface area contributed by atoms with Gasteiger partial charge in [-0.2, -0.15) is 4.98 Å². The summed E-state index contributed by atoms with van der Waals surface area (Å²) >= 11 is 0. The Morgan fingerprint density at radius 3 is 2.88 bits per heavy atom. The average molecular weight is 225 g/mol. The molecule has 0 spiro atoms. The van der Waals surface area contributed by atoms with Crippen molar-refractivity contribution < 1.29 is 9.26 Å². The fourth-order valence-corrected chi connectivity index (χ4v) is 1.94. The van der Waals surface area contributed by atoms with E-state index in [1.165, 1.54) is 0 Å². The van der Waals surface area contributed by atoms with Crippen molar-refractivity contribution in [1.82, 2.24) is 10.1 Å². The molecule has 2 rings (SSSR count). The molecule has 5 nitrogen and oxygen atoms in total. The van der Waals surface area contributed by atoms with Crippen molar-refractivity contribution in [2.75, 3.05) is 19.8 Å². The molecule has 1 aromatic heterocycles. The third-order valence-corrected chi connectivity index (χ3v) is 2.92. The summed E-state index contributed by atoms with van der Waals surface area (Å²) in [6, 6.07) is 0. The van der Waals surface area contributed by atoms with Crippen molar-refractivity contribution in [2.45, 2.75) is 32.1 Å². The lowest BCUT2D eigenvalue weighted by molar-refractivity contribution is 0.0658. The van der Waals surface area contributed by atoms with Crippen LogP contribution in [-0.2, 0) is 17.6 Å². The molecule has 1 aliphatic heterocycles. The zero-order chi connectivity index (χ0) is 11.2. The van der Waals surface area contributed by atoms with Crippen LogP contribution in [0.2, 0.25) is 0 Å². The largest absolute Gasteiger partial charge is 0.381 e. The van der Waals surface area contributed by atoms with Gasteiger partial charge in [-0.15, -0.1) is 0 Å². The summed E-state index contributed by atoms with van der Waals surface area (Å²) in [7, 11) is 0. The number of rotatable bonds is 5. The second kappa shape index (κ2) is 5.96. The molecule has 5 heteroatoms. The van der Waals surface area contributed by atoms with Crippen molar-refractivity contribution in [2.24, 2.45) is 11.7 Å². The lowest BCUT2D eigenvalue weighted by Gasteiger charge is -2.20. The van der Waals surface area contributed by atoms with Gasteiger partial charge in [-0.25, -0.2) is 0 Å². The van der Waals surface area contributed by atoms with Crippen LogP contribution in [0.25, 0.3) is 0 Å². The summed E-state index contributed by atoms with van der Waals surface area (Å²) in [6.07, 6.45) is 4.81. The molecule has 0 aliphatic carbocycles. The van der Waals surface area contributed by atoms with Crippen LogP contribution in [0.15, 0.2) is 4.52 Å². The van der Waals surface area contributed by atoms with E-state index in [4.69, 9.17) is 15.0 Å². The monoisotopic (exact) mass is 225 g/mol. The molecular weight excluding hydrogens is 206 g/mol. The topological polar surface area (TPSA) is 74.2 Å². The molecule has 0 unspecified atom stereocenters. The lowest BCUT2D eigenvalue weighted by Crippen LogP contribution is -2.18. The molecular formula is C11H19N3O2. The molecule has 1 fully saturated rings. The molecule has 90 valence electrons. The third kappa shape index (κ3) is 3.28. The van der Waals surface area contributed by atoms with E-state index in [1.54, 1.807) is 0 Å². The fourth-order valence-electron chi connectivity index (χ4n) is 1.94. The summed E-state index contributed by atoms with van der Waals surface area (Å²) in [5, 5.41) is 4.00. The minimum Gasteiger partial charge on any atom is -0.381 e. The third-order valence-electron chi connectivity index (χ3n) is 2.92. The quantitative estimate of drug-likeness (QED) is 0.807. The van der Waals surface area contributed by atoms with Gasteiger partial charge in [-0.3, -0.25) is 0 Å². The number of hydrogen-bond acceptors (Lipinski definition) is 5. The predicted molar refractivity (Wildman–Crippen MR) is 58.9 cm³/mol. The normalized spacial score (nSPS) is 17.8. The first-order valence-corrected chi connectivity index (χ1v) is 5.97. The van der Waals surface area contributed by atoms with Crippen LogP contribution in [0, 0.1) is 5.92 Å². The number of nitrogens with zero attached hydrogens (tertiary/aromatic N) is 2. The number of aromatic nitrogens is 2. The summed E-state index contributed by atoms with van der Waals surface area (Å²) in [4.78, 5) is 4.37. The minimum atomic E-state index is 0.647. The highest BCUT2D eigenvalue weighted by atomic mass is 16.5. The van der Waals surface area contributed by atoms with Crippen LogP contribution in [-0.4, -0.2) is 29.9 Å². The highest BCUT2D eigenvalue weighted by molar-refractivity contribution is 4.89. The molecule has 0 aromatic carbocycles. The van der Waals surface area contributed by atoms with Gasteiger partial charge in [0.2, 0.25) is 5.89 Å². The van der Waals surface area contributed by atoms with Crippen LogP contribution < -0.4 is 5.73 Å². The molecule has 0 bridgehead atoms. The maximum Gasteiger partial charge on any atom is 0.226 e. The van der Waals surface area contributed by atoms with Gasteiger partial charge in [0.05, 0.1) is 0 Å². The molecule has 1 saturated heterocycles. The van der Waals surface area contributed by atoms with E-state index in [1.807, 2.05) is 0 Å². The fraction of sp³-hybridized carbons (Fsp3) is 0.818. The Hall–Kier alpha value is -0.940. The van der Waals surface area contributed by atoms with E-state index in [2.05, 4.69) is 10.1 Å². The first-order valence-electron chi connectivity index (χ1n) is 5.97. The molecule has 2 heterocycles. The van der Waals surface area contributed by atoms with Crippen molar-refractivity contribution in [3.63, 3.8) is 0 Å². The number of ether oxygens (including phenoxy) is 1. The zero-order valence-electron chi connectivity index (χ0n) is 9.52. The molecule has 0 saturated carbocycles. The van der Waals surface area contributed by atoms with E-state index < -0.39 is 0 Å². The molecule has 0 atom stereocenters. The summed E-state index contributed by atoms with van der Waals surface area (Å²) < 4.78 is 10.5. The smallest absolute Gasteiger partial charge is 0.226 e. The van der Waals surface area contributed by atoms with Crippen molar-refractivity contribution in [3.8, 4) is 0 Å². The van der Waals surface area contributed by atoms with Gasteiger partial charge in [0.15, 0.2) is 5.82 Å². The maximum atomic E-state index is 5.43. The minimum absolute atomic E-state index is 0.647. The Morgan fingerprint density at radius 2 is 2.12 bits per heavy atom. The highest BCUT2D eigenvalue weighted by Gasteiger charge is 2.17. The Morgan fingerprint density at radius 1 is 1.31 bits per heavy atom. The van der Waals surface area contributed by atoms with E-state index >= 15 is 0 Å². The molecule has 16 heavy (non-hydrogen) atoms.